The third-order valence-corrected chi connectivity index (χ3v) is 5.38. The van der Waals surface area contributed by atoms with Crippen LogP contribution in [0.3, 0.4) is 0 Å². The molecular formula is C17H16ClNO6S. The maximum atomic E-state index is 12.7. The lowest BCUT2D eigenvalue weighted by Gasteiger charge is -2.12. The first-order chi connectivity index (χ1) is 12.2. The zero-order valence-electron chi connectivity index (χ0n) is 14.2. The third-order valence-electron chi connectivity index (χ3n) is 3.52. The Hall–Kier alpha value is -2.58. The lowest BCUT2D eigenvalue weighted by atomic mass is 10.1. The summed E-state index contributed by atoms with van der Waals surface area (Å²) in [6.07, 6.45) is 0. The molecule has 0 amide bonds. The Bertz CT molecular complexity index is 971. The highest BCUT2D eigenvalue weighted by Crippen LogP contribution is 2.25. The van der Waals surface area contributed by atoms with Gasteiger partial charge < -0.3 is 9.47 Å². The lowest BCUT2D eigenvalue weighted by molar-refractivity contribution is 0.0591. The van der Waals surface area contributed by atoms with E-state index < -0.39 is 22.0 Å². The molecule has 0 spiro atoms. The number of esters is 2. The summed E-state index contributed by atoms with van der Waals surface area (Å²) in [5.74, 6) is -1.35. The number of aryl methyl sites for hydroxylation is 1. The summed E-state index contributed by atoms with van der Waals surface area (Å²) in [6.45, 7) is 1.59. The number of rotatable bonds is 5. The van der Waals surface area contributed by atoms with Crippen LogP contribution in [0.5, 0.6) is 0 Å². The van der Waals surface area contributed by atoms with Gasteiger partial charge in [0.1, 0.15) is 0 Å². The van der Waals surface area contributed by atoms with Crippen molar-refractivity contribution in [2.45, 2.75) is 11.8 Å². The van der Waals surface area contributed by atoms with Gasteiger partial charge in [0.2, 0.25) is 0 Å². The van der Waals surface area contributed by atoms with Gasteiger partial charge in [-0.25, -0.2) is 18.0 Å². The Balaban J connectivity index is 2.44. The maximum Gasteiger partial charge on any atom is 0.339 e. The fourth-order valence-electron chi connectivity index (χ4n) is 2.20. The molecule has 0 aliphatic carbocycles. The van der Waals surface area contributed by atoms with Crippen molar-refractivity contribution in [2.75, 3.05) is 18.9 Å². The van der Waals surface area contributed by atoms with Crippen molar-refractivity contribution in [3.63, 3.8) is 0 Å². The van der Waals surface area contributed by atoms with Gasteiger partial charge in [-0.2, -0.15) is 0 Å². The number of hydrogen-bond acceptors (Lipinski definition) is 6. The first-order valence-electron chi connectivity index (χ1n) is 7.29. The molecule has 0 saturated carbocycles. The van der Waals surface area contributed by atoms with Crippen molar-refractivity contribution in [2.24, 2.45) is 0 Å². The molecule has 2 aromatic rings. The van der Waals surface area contributed by atoms with Crippen LogP contribution in [0.15, 0.2) is 41.3 Å². The molecule has 0 heterocycles. The van der Waals surface area contributed by atoms with Crippen molar-refractivity contribution in [3.05, 3.63) is 58.1 Å². The minimum atomic E-state index is -4.02. The number of carbonyl (C=O) groups excluding carboxylic acids is 2. The van der Waals surface area contributed by atoms with E-state index in [1.54, 1.807) is 6.92 Å². The average molecular weight is 398 g/mol. The first-order valence-corrected chi connectivity index (χ1v) is 9.15. The van der Waals surface area contributed by atoms with E-state index >= 15 is 0 Å². The zero-order valence-corrected chi connectivity index (χ0v) is 15.8. The zero-order chi connectivity index (χ0) is 19.5. The minimum Gasteiger partial charge on any atom is -0.465 e. The van der Waals surface area contributed by atoms with E-state index in [0.717, 1.165) is 0 Å². The number of carbonyl (C=O) groups is 2. The highest BCUT2D eigenvalue weighted by molar-refractivity contribution is 7.92. The van der Waals surface area contributed by atoms with Crippen molar-refractivity contribution in [1.29, 1.82) is 0 Å². The molecule has 2 rings (SSSR count). The van der Waals surface area contributed by atoms with E-state index in [-0.39, 0.29) is 26.7 Å². The Morgan fingerprint density at radius 3 is 2.27 bits per heavy atom. The number of nitrogens with one attached hydrogen (secondary N) is 1. The SMILES string of the molecule is COC(=O)c1ccc(C)c(S(=O)(=O)Nc2ccc(Cl)c(C(=O)OC)c2)c1. The quantitative estimate of drug-likeness (QED) is 0.778. The lowest BCUT2D eigenvalue weighted by Crippen LogP contribution is -2.16. The molecule has 9 heteroatoms. The number of hydrogen-bond donors (Lipinski definition) is 1. The summed E-state index contributed by atoms with van der Waals surface area (Å²) in [5.41, 5.74) is 0.684. The number of sulfonamides is 1. The smallest absolute Gasteiger partial charge is 0.339 e. The van der Waals surface area contributed by atoms with Crippen LogP contribution in [-0.2, 0) is 19.5 Å². The maximum absolute atomic E-state index is 12.7. The van der Waals surface area contributed by atoms with Gasteiger partial charge >= 0.3 is 11.9 Å². The van der Waals surface area contributed by atoms with Crippen molar-refractivity contribution in [1.82, 2.24) is 0 Å². The molecule has 26 heavy (non-hydrogen) atoms. The van der Waals surface area contributed by atoms with Gasteiger partial charge in [0.05, 0.1) is 35.3 Å². The van der Waals surface area contributed by atoms with E-state index in [4.69, 9.17) is 11.6 Å². The number of ether oxygens (including phenoxy) is 2. The van der Waals surface area contributed by atoms with Gasteiger partial charge in [-0.15, -0.1) is 0 Å². The van der Waals surface area contributed by atoms with Gasteiger partial charge in [-0.05, 0) is 42.8 Å². The molecule has 0 atom stereocenters. The summed E-state index contributed by atoms with van der Waals surface area (Å²) in [7, 11) is -1.63. The second-order valence-corrected chi connectivity index (χ2v) is 7.32. The summed E-state index contributed by atoms with van der Waals surface area (Å²) < 4.78 is 37.0. The van der Waals surface area contributed by atoms with Crippen molar-refractivity contribution >= 4 is 39.3 Å². The second-order valence-electron chi connectivity index (χ2n) is 5.26. The van der Waals surface area contributed by atoms with Gasteiger partial charge in [0.15, 0.2) is 0 Å². The van der Waals surface area contributed by atoms with Crippen LogP contribution in [0, 0.1) is 6.92 Å². The molecule has 0 aliphatic heterocycles. The molecule has 138 valence electrons. The van der Waals surface area contributed by atoms with Gasteiger partial charge in [-0.1, -0.05) is 17.7 Å². The Morgan fingerprint density at radius 1 is 1.00 bits per heavy atom. The predicted molar refractivity (Wildman–Crippen MR) is 96.1 cm³/mol. The molecule has 0 unspecified atom stereocenters. The van der Waals surface area contributed by atoms with Crippen LogP contribution in [0.25, 0.3) is 0 Å². The van der Waals surface area contributed by atoms with Crippen molar-refractivity contribution in [3.8, 4) is 0 Å². The highest BCUT2D eigenvalue weighted by Gasteiger charge is 2.21. The number of halogens is 1. The van der Waals surface area contributed by atoms with Crippen LogP contribution in [0.2, 0.25) is 5.02 Å². The Kier molecular flexibility index (Phi) is 5.89. The normalized spacial score (nSPS) is 10.9. The summed E-state index contributed by atoms with van der Waals surface area (Å²) in [5, 5.41) is 0.128. The summed E-state index contributed by atoms with van der Waals surface area (Å²) in [6, 6.07) is 8.25. The average Bonchev–Trinajstić information content (AvgIpc) is 2.62. The standard InChI is InChI=1S/C17H16ClNO6S/c1-10-4-5-11(16(20)24-2)8-15(10)26(22,23)19-12-6-7-14(18)13(9-12)17(21)25-3/h4-9,19H,1-3H3. The van der Waals surface area contributed by atoms with Gasteiger partial charge in [-0.3, -0.25) is 4.72 Å². The van der Waals surface area contributed by atoms with Gasteiger partial charge in [0, 0.05) is 5.69 Å². The fraction of sp³-hybridized carbons (Fsp3) is 0.176. The molecule has 0 saturated heterocycles. The van der Waals surface area contributed by atoms with Gasteiger partial charge in [0.25, 0.3) is 10.0 Å². The van der Waals surface area contributed by atoms with Crippen LogP contribution in [0.1, 0.15) is 26.3 Å². The third kappa shape index (κ3) is 4.14. The first kappa shape index (κ1) is 19.7. The van der Waals surface area contributed by atoms with Crippen molar-refractivity contribution < 1.29 is 27.5 Å². The van der Waals surface area contributed by atoms with E-state index in [9.17, 15) is 18.0 Å². The van der Waals surface area contributed by atoms with E-state index in [1.165, 1.54) is 50.6 Å². The van der Waals surface area contributed by atoms with E-state index in [2.05, 4.69) is 14.2 Å². The molecule has 1 N–H and O–H groups in total. The van der Waals surface area contributed by atoms with E-state index in [0.29, 0.717) is 5.56 Å². The molecule has 0 aromatic heterocycles. The number of methoxy groups -OCH3 is 2. The van der Waals surface area contributed by atoms with Crippen LogP contribution >= 0.6 is 11.6 Å². The Morgan fingerprint density at radius 2 is 1.65 bits per heavy atom. The topological polar surface area (TPSA) is 98.8 Å². The van der Waals surface area contributed by atoms with Crippen LogP contribution in [0.4, 0.5) is 5.69 Å². The largest absolute Gasteiger partial charge is 0.465 e. The molecule has 0 bridgehead atoms. The predicted octanol–water partition coefficient (Wildman–Crippen LogP) is 3.02. The van der Waals surface area contributed by atoms with Crippen LogP contribution in [-0.4, -0.2) is 34.6 Å². The summed E-state index contributed by atoms with van der Waals surface area (Å²) >= 11 is 5.93. The second kappa shape index (κ2) is 7.76. The molecule has 2 aromatic carbocycles. The molecule has 0 radical (unpaired) electrons. The Labute approximate surface area is 155 Å². The van der Waals surface area contributed by atoms with Crippen LogP contribution < -0.4 is 4.72 Å². The monoisotopic (exact) mass is 397 g/mol. The molecule has 0 aliphatic rings. The molecule has 0 fully saturated rings. The fourth-order valence-corrected chi connectivity index (χ4v) is 3.72. The highest BCUT2D eigenvalue weighted by atomic mass is 35.5. The molecular weight excluding hydrogens is 382 g/mol. The van der Waals surface area contributed by atoms with E-state index in [1.807, 2.05) is 0 Å². The number of benzene rings is 2. The minimum absolute atomic E-state index is 0.0226. The summed E-state index contributed by atoms with van der Waals surface area (Å²) in [4.78, 5) is 23.3. The molecule has 7 nitrogen and oxygen atoms in total. The number of anilines is 1.